The quantitative estimate of drug-likeness (QED) is 0.757. The van der Waals surface area contributed by atoms with Crippen LogP contribution < -0.4 is 5.56 Å². The lowest BCUT2D eigenvalue weighted by Gasteiger charge is -2.33. The van der Waals surface area contributed by atoms with E-state index in [1.54, 1.807) is 35.5 Å². The number of nitrogens with zero attached hydrogens (tertiary/aromatic N) is 4. The first-order valence-corrected chi connectivity index (χ1v) is 11.1. The molecule has 0 radical (unpaired) electrons. The zero-order valence-electron chi connectivity index (χ0n) is 18.3. The Morgan fingerprint density at radius 3 is 2.56 bits per heavy atom. The van der Waals surface area contributed by atoms with Gasteiger partial charge in [-0.15, -0.1) is 0 Å². The number of hydrogen-bond acceptors (Lipinski definition) is 6. The highest BCUT2D eigenvalue weighted by Crippen LogP contribution is 2.29. The molecule has 2 aromatic rings. The van der Waals surface area contributed by atoms with Crippen molar-refractivity contribution in [2.45, 2.75) is 37.5 Å². The Morgan fingerprint density at radius 1 is 1.09 bits per heavy atom. The van der Waals surface area contributed by atoms with Gasteiger partial charge in [-0.2, -0.15) is 0 Å². The van der Waals surface area contributed by atoms with Crippen LogP contribution in [0, 0.1) is 0 Å². The minimum Gasteiger partial charge on any atom is -0.375 e. The predicted molar refractivity (Wildman–Crippen MR) is 117 cm³/mol. The van der Waals surface area contributed by atoms with Crippen molar-refractivity contribution in [3.05, 3.63) is 58.0 Å². The molecule has 4 rings (SSSR count). The lowest BCUT2D eigenvalue weighted by Crippen LogP contribution is -2.41. The fraction of sp³-hybridized carbons (Fsp3) is 0.522. The molecule has 1 atom stereocenters. The Labute approximate surface area is 186 Å². The zero-order valence-corrected chi connectivity index (χ0v) is 18.3. The van der Waals surface area contributed by atoms with Crippen LogP contribution in [0.15, 0.2) is 35.4 Å². The summed E-state index contributed by atoms with van der Waals surface area (Å²) >= 11 is 0. The molecule has 4 heterocycles. The van der Waals surface area contributed by atoms with E-state index >= 15 is 0 Å². The predicted octanol–water partition coefficient (Wildman–Crippen LogP) is 1.54. The Kier molecular flexibility index (Phi) is 6.94. The van der Waals surface area contributed by atoms with E-state index in [0.717, 1.165) is 31.4 Å². The van der Waals surface area contributed by atoms with Crippen molar-refractivity contribution >= 4 is 11.8 Å². The number of nitrogens with one attached hydrogen (secondary N) is 1. The van der Waals surface area contributed by atoms with Gasteiger partial charge in [0.15, 0.2) is 0 Å². The number of H-pyrrole nitrogens is 1. The minimum atomic E-state index is -0.166. The highest BCUT2D eigenvalue weighted by atomic mass is 16.5. The Balaban J connectivity index is 1.45. The van der Waals surface area contributed by atoms with Crippen molar-refractivity contribution in [3.8, 4) is 0 Å². The van der Waals surface area contributed by atoms with E-state index in [9.17, 15) is 14.4 Å². The maximum atomic E-state index is 12.9. The van der Waals surface area contributed by atoms with Crippen molar-refractivity contribution in [3.63, 3.8) is 0 Å². The zero-order chi connectivity index (χ0) is 22.5. The smallest absolute Gasteiger partial charge is 0.253 e. The number of likely N-dealkylation sites (tertiary alicyclic amines) is 2. The summed E-state index contributed by atoms with van der Waals surface area (Å²) in [5.74, 6) is 0.785. The lowest BCUT2D eigenvalue weighted by molar-refractivity contribution is -0.136. The maximum absolute atomic E-state index is 12.9. The number of carbonyl (C=O) groups excluding carboxylic acids is 2. The molecular formula is C23H29N5O4. The number of carbonyl (C=O) groups is 2. The van der Waals surface area contributed by atoms with Gasteiger partial charge >= 0.3 is 0 Å². The van der Waals surface area contributed by atoms with E-state index in [0.29, 0.717) is 37.6 Å². The van der Waals surface area contributed by atoms with Crippen molar-refractivity contribution in [2.24, 2.45) is 0 Å². The first kappa shape index (κ1) is 22.1. The van der Waals surface area contributed by atoms with Gasteiger partial charge in [0.05, 0.1) is 5.69 Å². The first-order chi connectivity index (χ1) is 15.5. The van der Waals surface area contributed by atoms with Gasteiger partial charge < -0.3 is 19.5 Å². The number of methoxy groups -OCH3 is 1. The van der Waals surface area contributed by atoms with Crippen molar-refractivity contribution in [1.29, 1.82) is 0 Å². The van der Waals surface area contributed by atoms with E-state index in [-0.39, 0.29) is 35.8 Å². The molecule has 2 fully saturated rings. The van der Waals surface area contributed by atoms with Crippen molar-refractivity contribution in [2.75, 3.05) is 39.9 Å². The Bertz CT molecular complexity index is 1000. The highest BCUT2D eigenvalue weighted by molar-refractivity contribution is 5.94. The molecule has 9 nitrogen and oxygen atoms in total. The molecule has 2 aliphatic rings. The lowest BCUT2D eigenvalue weighted by atomic mass is 9.92. The number of aromatic nitrogens is 3. The number of pyridine rings is 1. The molecule has 0 bridgehead atoms. The molecule has 0 aromatic carbocycles. The van der Waals surface area contributed by atoms with Crippen LogP contribution in [0.3, 0.4) is 0 Å². The summed E-state index contributed by atoms with van der Waals surface area (Å²) in [7, 11) is 1.52. The fourth-order valence-corrected chi connectivity index (χ4v) is 4.60. The molecule has 0 saturated carbocycles. The van der Waals surface area contributed by atoms with Gasteiger partial charge in [0.2, 0.25) is 5.91 Å². The first-order valence-electron chi connectivity index (χ1n) is 11.1. The maximum Gasteiger partial charge on any atom is 0.253 e. The summed E-state index contributed by atoms with van der Waals surface area (Å²) in [4.78, 5) is 52.7. The van der Waals surface area contributed by atoms with Crippen molar-refractivity contribution in [1.82, 2.24) is 24.8 Å². The second-order valence-electron chi connectivity index (χ2n) is 8.47. The molecule has 0 spiro atoms. The molecule has 2 aliphatic heterocycles. The number of ether oxygens (including phenoxy) is 1. The summed E-state index contributed by atoms with van der Waals surface area (Å²) in [6.45, 7) is 2.57. The monoisotopic (exact) mass is 439 g/mol. The van der Waals surface area contributed by atoms with E-state index in [1.165, 1.54) is 7.11 Å². The second-order valence-corrected chi connectivity index (χ2v) is 8.47. The van der Waals surface area contributed by atoms with Crippen LogP contribution in [0.5, 0.6) is 0 Å². The van der Waals surface area contributed by atoms with Crippen LogP contribution in [0.25, 0.3) is 0 Å². The van der Waals surface area contributed by atoms with Crippen LogP contribution in [-0.4, -0.2) is 76.5 Å². The van der Waals surface area contributed by atoms with Gasteiger partial charge in [0.1, 0.15) is 12.4 Å². The third kappa shape index (κ3) is 5.04. The molecule has 0 aliphatic carbocycles. The van der Waals surface area contributed by atoms with Gasteiger partial charge in [-0.25, -0.2) is 4.98 Å². The number of aromatic amines is 1. The molecule has 32 heavy (non-hydrogen) atoms. The Morgan fingerprint density at radius 2 is 1.84 bits per heavy atom. The SMILES string of the molecule is COCC(=O)N1CCC(c2nc([C@H]3CCCN(C(=O)c4ccncc4)C3)cc(=O)[nH]2)CC1. The molecule has 0 unspecified atom stereocenters. The topological polar surface area (TPSA) is 108 Å². The molecule has 1 N–H and O–H groups in total. The van der Waals surface area contributed by atoms with Gasteiger partial charge in [0.25, 0.3) is 11.5 Å². The fourth-order valence-electron chi connectivity index (χ4n) is 4.60. The summed E-state index contributed by atoms with van der Waals surface area (Å²) in [6.07, 6.45) is 6.49. The molecule has 2 saturated heterocycles. The summed E-state index contributed by atoms with van der Waals surface area (Å²) in [5.41, 5.74) is 1.20. The summed E-state index contributed by atoms with van der Waals surface area (Å²) in [6, 6.07) is 5.00. The van der Waals surface area contributed by atoms with Gasteiger partial charge in [-0.1, -0.05) is 0 Å². The number of amides is 2. The molecular weight excluding hydrogens is 410 g/mol. The van der Waals surface area contributed by atoms with Crippen molar-refractivity contribution < 1.29 is 14.3 Å². The average Bonchev–Trinajstić information content (AvgIpc) is 2.84. The number of hydrogen-bond donors (Lipinski definition) is 1. The van der Waals surface area contributed by atoms with E-state index < -0.39 is 0 Å². The van der Waals surface area contributed by atoms with Gasteiger partial charge in [-0.05, 0) is 37.8 Å². The normalized spacial score (nSPS) is 19.7. The average molecular weight is 440 g/mol. The largest absolute Gasteiger partial charge is 0.375 e. The molecule has 2 amide bonds. The Hall–Kier alpha value is -3.07. The number of rotatable bonds is 5. The van der Waals surface area contributed by atoms with Crippen LogP contribution in [0.1, 0.15) is 59.4 Å². The molecule has 9 heteroatoms. The molecule has 2 aromatic heterocycles. The van der Waals surface area contributed by atoms with E-state index in [2.05, 4.69) is 9.97 Å². The second kappa shape index (κ2) is 10.0. The third-order valence-corrected chi connectivity index (χ3v) is 6.34. The summed E-state index contributed by atoms with van der Waals surface area (Å²) in [5, 5.41) is 0. The number of piperidine rings is 2. The van der Waals surface area contributed by atoms with Gasteiger partial charge in [0, 0.05) is 69.1 Å². The standard InChI is InChI=1S/C23H29N5O4/c1-32-15-21(30)27-11-6-16(7-12-27)22-25-19(13-20(29)26-22)18-3-2-10-28(14-18)23(31)17-4-8-24-9-5-17/h4-5,8-9,13,16,18H,2-3,6-7,10-12,14-15H2,1H3,(H,25,26,29)/t18-/m0/s1. The van der Waals surface area contributed by atoms with Crippen LogP contribution in [0.2, 0.25) is 0 Å². The van der Waals surface area contributed by atoms with Crippen LogP contribution >= 0.6 is 0 Å². The van der Waals surface area contributed by atoms with E-state index in [1.807, 2.05) is 4.90 Å². The highest BCUT2D eigenvalue weighted by Gasteiger charge is 2.29. The van der Waals surface area contributed by atoms with Crippen LogP contribution in [0.4, 0.5) is 0 Å². The molecule has 170 valence electrons. The minimum absolute atomic E-state index is 0.0117. The van der Waals surface area contributed by atoms with Crippen LogP contribution in [-0.2, 0) is 9.53 Å². The third-order valence-electron chi connectivity index (χ3n) is 6.34. The summed E-state index contributed by atoms with van der Waals surface area (Å²) < 4.78 is 4.94. The van der Waals surface area contributed by atoms with E-state index in [4.69, 9.17) is 9.72 Å². The van der Waals surface area contributed by atoms with Gasteiger partial charge in [-0.3, -0.25) is 19.4 Å².